The smallest absolute Gasteiger partial charge is 0.260 e. The van der Waals surface area contributed by atoms with Crippen molar-refractivity contribution >= 4 is 23.2 Å². The SMILES string of the molecule is CC(CCOc1ccccc1N(C)C(=O)c1ccccc1NCc1ccccc1O)CCC(=O)N1CCN(C)CC1. The van der Waals surface area contributed by atoms with E-state index in [1.807, 2.05) is 59.5 Å². The van der Waals surface area contributed by atoms with Crippen molar-refractivity contribution in [1.82, 2.24) is 9.80 Å². The number of ether oxygens (including phenoxy) is 1. The molecule has 8 heteroatoms. The van der Waals surface area contributed by atoms with Crippen molar-refractivity contribution in [3.05, 3.63) is 83.9 Å². The van der Waals surface area contributed by atoms with Gasteiger partial charge in [0.15, 0.2) is 0 Å². The number of phenols is 1. The molecule has 0 spiro atoms. The number of hydrogen-bond acceptors (Lipinski definition) is 6. The van der Waals surface area contributed by atoms with E-state index in [-0.39, 0.29) is 17.6 Å². The second-order valence-electron chi connectivity index (χ2n) is 10.8. The number of nitrogens with zero attached hydrogens (tertiary/aromatic N) is 3. The standard InChI is InChI=1S/C33H42N4O4/c1-25(16-17-32(39)37-21-19-35(2)20-22-37)18-23-41-31-15-9-7-13-29(31)36(3)33(40)27-11-5-6-12-28(27)34-24-26-10-4-8-14-30(26)38/h4-15,25,34,38H,16-24H2,1-3H3. The summed E-state index contributed by atoms with van der Waals surface area (Å²) in [7, 11) is 3.84. The molecule has 218 valence electrons. The van der Waals surface area contributed by atoms with Crippen LogP contribution in [0.5, 0.6) is 11.5 Å². The zero-order chi connectivity index (χ0) is 29.2. The van der Waals surface area contributed by atoms with Crippen molar-refractivity contribution in [2.24, 2.45) is 5.92 Å². The zero-order valence-electron chi connectivity index (χ0n) is 24.4. The molecule has 0 aromatic heterocycles. The second-order valence-corrected chi connectivity index (χ2v) is 10.8. The molecule has 3 aromatic rings. The van der Waals surface area contributed by atoms with Gasteiger partial charge in [-0.05, 0) is 56.1 Å². The number of para-hydroxylation sites is 4. The lowest BCUT2D eigenvalue weighted by molar-refractivity contribution is -0.133. The van der Waals surface area contributed by atoms with Crippen LogP contribution in [0.3, 0.4) is 0 Å². The van der Waals surface area contributed by atoms with Gasteiger partial charge in [-0.25, -0.2) is 0 Å². The Bertz CT molecular complexity index is 1310. The highest BCUT2D eigenvalue weighted by atomic mass is 16.5. The molecule has 0 bridgehead atoms. The first-order valence-electron chi connectivity index (χ1n) is 14.4. The molecule has 1 aliphatic heterocycles. The van der Waals surface area contributed by atoms with E-state index in [9.17, 15) is 14.7 Å². The molecule has 1 heterocycles. The highest BCUT2D eigenvalue weighted by Gasteiger charge is 2.21. The fourth-order valence-electron chi connectivity index (χ4n) is 4.92. The number of carbonyl (C=O) groups is 2. The Balaban J connectivity index is 1.32. The first-order chi connectivity index (χ1) is 19.8. The average molecular weight is 559 g/mol. The van der Waals surface area contributed by atoms with E-state index >= 15 is 0 Å². The summed E-state index contributed by atoms with van der Waals surface area (Å²) >= 11 is 0. The van der Waals surface area contributed by atoms with Crippen LogP contribution < -0.4 is 15.0 Å². The Morgan fingerprint density at radius 2 is 1.63 bits per heavy atom. The number of anilines is 2. The van der Waals surface area contributed by atoms with Gasteiger partial charge in [0, 0.05) is 57.4 Å². The van der Waals surface area contributed by atoms with Crippen LogP contribution >= 0.6 is 0 Å². The van der Waals surface area contributed by atoms with Gasteiger partial charge in [-0.3, -0.25) is 9.59 Å². The molecule has 3 aromatic carbocycles. The minimum atomic E-state index is -0.169. The van der Waals surface area contributed by atoms with E-state index in [4.69, 9.17) is 4.74 Å². The topological polar surface area (TPSA) is 85.3 Å². The lowest BCUT2D eigenvalue weighted by Gasteiger charge is -2.32. The number of likely N-dealkylation sites (N-methyl/N-ethyl adjacent to an activating group) is 1. The van der Waals surface area contributed by atoms with E-state index in [0.29, 0.717) is 48.2 Å². The van der Waals surface area contributed by atoms with Crippen LogP contribution in [-0.4, -0.2) is 73.6 Å². The highest BCUT2D eigenvalue weighted by molar-refractivity contribution is 6.09. The molecule has 4 rings (SSSR count). The van der Waals surface area contributed by atoms with Gasteiger partial charge in [-0.2, -0.15) is 0 Å². The Kier molecular flexibility index (Phi) is 10.6. The van der Waals surface area contributed by atoms with Gasteiger partial charge in [0.1, 0.15) is 11.5 Å². The van der Waals surface area contributed by atoms with Crippen LogP contribution in [0.15, 0.2) is 72.8 Å². The molecule has 1 unspecified atom stereocenters. The maximum atomic E-state index is 13.6. The molecule has 8 nitrogen and oxygen atoms in total. The number of rotatable bonds is 12. The summed E-state index contributed by atoms with van der Waals surface area (Å²) in [5, 5.41) is 13.4. The van der Waals surface area contributed by atoms with E-state index in [0.717, 1.165) is 44.6 Å². The fraction of sp³-hybridized carbons (Fsp3) is 0.394. The van der Waals surface area contributed by atoms with Crippen LogP contribution in [0.4, 0.5) is 11.4 Å². The monoisotopic (exact) mass is 558 g/mol. The predicted molar refractivity (Wildman–Crippen MR) is 164 cm³/mol. The van der Waals surface area contributed by atoms with Crippen molar-refractivity contribution in [2.45, 2.75) is 32.7 Å². The van der Waals surface area contributed by atoms with Gasteiger partial charge in [-0.15, -0.1) is 0 Å². The quantitative estimate of drug-likeness (QED) is 0.316. The summed E-state index contributed by atoms with van der Waals surface area (Å²) in [6.45, 7) is 6.54. The third-order valence-corrected chi connectivity index (χ3v) is 7.72. The van der Waals surface area contributed by atoms with Crippen molar-refractivity contribution in [3.8, 4) is 11.5 Å². The Hall–Kier alpha value is -4.04. The van der Waals surface area contributed by atoms with Crippen LogP contribution in [-0.2, 0) is 11.3 Å². The number of benzene rings is 3. The van der Waals surface area contributed by atoms with Crippen LogP contribution in [0, 0.1) is 5.92 Å². The van der Waals surface area contributed by atoms with E-state index in [1.54, 1.807) is 30.1 Å². The minimum absolute atomic E-state index is 0.169. The molecule has 41 heavy (non-hydrogen) atoms. The van der Waals surface area contributed by atoms with E-state index in [1.165, 1.54) is 0 Å². The largest absolute Gasteiger partial charge is 0.508 e. The van der Waals surface area contributed by atoms with Crippen molar-refractivity contribution in [3.63, 3.8) is 0 Å². The van der Waals surface area contributed by atoms with Gasteiger partial charge in [0.25, 0.3) is 5.91 Å². The summed E-state index contributed by atoms with van der Waals surface area (Å²) < 4.78 is 6.16. The number of phenolic OH excluding ortho intramolecular Hbond substituents is 1. The third-order valence-electron chi connectivity index (χ3n) is 7.72. The molecule has 1 saturated heterocycles. The van der Waals surface area contributed by atoms with Gasteiger partial charge in [0.2, 0.25) is 5.91 Å². The predicted octanol–water partition coefficient (Wildman–Crippen LogP) is 5.24. The lowest BCUT2D eigenvalue weighted by atomic mass is 10.0. The van der Waals surface area contributed by atoms with Crippen LogP contribution in [0.2, 0.25) is 0 Å². The van der Waals surface area contributed by atoms with Crippen molar-refractivity contribution in [1.29, 1.82) is 0 Å². The van der Waals surface area contributed by atoms with Crippen molar-refractivity contribution in [2.75, 3.05) is 57.1 Å². The molecule has 1 atom stereocenters. The van der Waals surface area contributed by atoms with E-state index in [2.05, 4.69) is 24.2 Å². The first-order valence-corrected chi connectivity index (χ1v) is 14.4. The summed E-state index contributed by atoms with van der Waals surface area (Å²) in [6.07, 6.45) is 2.22. The number of hydrogen-bond donors (Lipinski definition) is 2. The Morgan fingerprint density at radius 3 is 2.41 bits per heavy atom. The molecule has 1 aliphatic rings. The van der Waals surface area contributed by atoms with Gasteiger partial charge in [-0.1, -0.05) is 49.4 Å². The molecule has 2 amide bonds. The number of aromatic hydroxyl groups is 1. The molecule has 2 N–H and O–H groups in total. The molecule has 0 aliphatic carbocycles. The van der Waals surface area contributed by atoms with Gasteiger partial charge < -0.3 is 29.9 Å². The zero-order valence-corrected chi connectivity index (χ0v) is 24.4. The molecular weight excluding hydrogens is 516 g/mol. The Labute approximate surface area is 243 Å². The van der Waals surface area contributed by atoms with Crippen molar-refractivity contribution < 1.29 is 19.4 Å². The number of amides is 2. The third kappa shape index (κ3) is 8.24. The normalized spacial score (nSPS) is 14.4. The average Bonchev–Trinajstić information content (AvgIpc) is 2.99. The molecular formula is C33H42N4O4. The Morgan fingerprint density at radius 1 is 0.951 bits per heavy atom. The van der Waals surface area contributed by atoms with Gasteiger partial charge in [0.05, 0.1) is 17.9 Å². The molecule has 0 radical (unpaired) electrons. The van der Waals surface area contributed by atoms with Crippen LogP contribution in [0.25, 0.3) is 0 Å². The summed E-state index contributed by atoms with van der Waals surface area (Å²) in [5.74, 6) is 1.27. The number of nitrogens with one attached hydrogen (secondary N) is 1. The summed E-state index contributed by atoms with van der Waals surface area (Å²) in [5.41, 5.74) is 2.65. The first kappa shape index (κ1) is 29.9. The molecule has 0 saturated carbocycles. The summed E-state index contributed by atoms with van der Waals surface area (Å²) in [6, 6.07) is 22.1. The molecule has 1 fully saturated rings. The van der Waals surface area contributed by atoms with Gasteiger partial charge >= 0.3 is 0 Å². The number of piperazine rings is 1. The second kappa shape index (κ2) is 14.6. The summed E-state index contributed by atoms with van der Waals surface area (Å²) in [4.78, 5) is 32.0. The van der Waals surface area contributed by atoms with Crippen LogP contribution in [0.1, 0.15) is 42.1 Å². The lowest BCUT2D eigenvalue weighted by Crippen LogP contribution is -2.47. The highest BCUT2D eigenvalue weighted by Crippen LogP contribution is 2.30. The van der Waals surface area contributed by atoms with E-state index < -0.39 is 0 Å². The maximum absolute atomic E-state index is 13.6. The maximum Gasteiger partial charge on any atom is 0.260 e. The number of carbonyl (C=O) groups excluding carboxylic acids is 2. The fourth-order valence-corrected chi connectivity index (χ4v) is 4.92. The minimum Gasteiger partial charge on any atom is -0.508 e.